The van der Waals surface area contributed by atoms with Crippen LogP contribution >= 0.6 is 0 Å². The van der Waals surface area contributed by atoms with E-state index in [0.717, 1.165) is 48.5 Å². The minimum atomic E-state index is -4.33. The molecule has 170 valence electrons. The third-order valence-electron chi connectivity index (χ3n) is 5.39. The van der Waals surface area contributed by atoms with Crippen molar-refractivity contribution in [2.45, 2.75) is 31.6 Å². The van der Waals surface area contributed by atoms with Crippen LogP contribution in [0.5, 0.6) is 0 Å². The van der Waals surface area contributed by atoms with Gasteiger partial charge in [0.25, 0.3) is 0 Å². The number of anilines is 1. The van der Waals surface area contributed by atoms with E-state index in [1.807, 2.05) is 12.1 Å². The minimum absolute atomic E-state index is 0.0681. The van der Waals surface area contributed by atoms with Gasteiger partial charge in [0.15, 0.2) is 0 Å². The van der Waals surface area contributed by atoms with Gasteiger partial charge in [0.2, 0.25) is 11.7 Å². The van der Waals surface area contributed by atoms with Crippen LogP contribution in [0, 0.1) is 0 Å². The van der Waals surface area contributed by atoms with E-state index in [1.165, 1.54) is 12.1 Å². The van der Waals surface area contributed by atoms with Crippen molar-refractivity contribution in [3.63, 3.8) is 0 Å². The van der Waals surface area contributed by atoms with Gasteiger partial charge < -0.3 is 14.6 Å². The molecular weight excluding hydrogens is 423 g/mol. The Bertz CT molecular complexity index is 1010. The Morgan fingerprint density at radius 2 is 2.00 bits per heavy atom. The molecule has 3 heterocycles. The summed E-state index contributed by atoms with van der Waals surface area (Å²) in [4.78, 5) is 11.1. The van der Waals surface area contributed by atoms with Gasteiger partial charge >= 0.3 is 6.18 Å². The van der Waals surface area contributed by atoms with E-state index in [2.05, 4.69) is 25.3 Å². The van der Waals surface area contributed by atoms with Crippen LogP contribution in [0.3, 0.4) is 0 Å². The fourth-order valence-electron chi connectivity index (χ4n) is 3.73. The maximum absolute atomic E-state index is 12.8. The molecule has 0 saturated carbocycles. The Morgan fingerprint density at radius 1 is 1.19 bits per heavy atom. The number of hydrogen-bond donors (Lipinski definition) is 1. The molecule has 1 unspecified atom stereocenters. The molecule has 0 bridgehead atoms. The van der Waals surface area contributed by atoms with Gasteiger partial charge in [0, 0.05) is 32.0 Å². The van der Waals surface area contributed by atoms with Crippen molar-refractivity contribution >= 4 is 5.82 Å². The number of hydrogen-bond acceptors (Lipinski definition) is 7. The number of pyridine rings is 1. The summed E-state index contributed by atoms with van der Waals surface area (Å²) < 4.78 is 48.9. The predicted molar refractivity (Wildman–Crippen MR) is 112 cm³/mol. The van der Waals surface area contributed by atoms with Crippen LogP contribution < -0.4 is 5.32 Å². The fourth-order valence-corrected chi connectivity index (χ4v) is 3.73. The van der Waals surface area contributed by atoms with E-state index in [0.29, 0.717) is 31.4 Å². The summed E-state index contributed by atoms with van der Waals surface area (Å²) in [5.41, 5.74) is 0.907. The topological polar surface area (TPSA) is 76.3 Å². The molecule has 1 atom stereocenters. The second-order valence-corrected chi connectivity index (χ2v) is 7.63. The summed E-state index contributed by atoms with van der Waals surface area (Å²) in [5.74, 6) is 1.69. The molecule has 10 heteroatoms. The van der Waals surface area contributed by atoms with Crippen LogP contribution in [0.2, 0.25) is 0 Å². The highest BCUT2D eigenvalue weighted by atomic mass is 19.4. The van der Waals surface area contributed by atoms with Gasteiger partial charge in [-0.25, -0.2) is 4.98 Å². The number of halogens is 3. The van der Waals surface area contributed by atoms with Crippen LogP contribution in [-0.2, 0) is 17.5 Å². The highest BCUT2D eigenvalue weighted by molar-refractivity contribution is 5.55. The maximum Gasteiger partial charge on any atom is 0.416 e. The van der Waals surface area contributed by atoms with Gasteiger partial charge in [0.05, 0.1) is 18.2 Å². The number of likely N-dealkylation sites (tertiary alicyclic amines) is 1. The van der Waals surface area contributed by atoms with E-state index in [1.54, 1.807) is 13.3 Å². The van der Waals surface area contributed by atoms with Gasteiger partial charge in [0.1, 0.15) is 5.82 Å². The number of nitrogens with one attached hydrogen (secondary N) is 1. The third kappa shape index (κ3) is 5.25. The number of aromatic nitrogens is 3. The number of rotatable bonds is 8. The number of nitrogens with zero attached hydrogens (tertiary/aromatic N) is 4. The predicted octanol–water partition coefficient (Wildman–Crippen LogP) is 4.55. The van der Waals surface area contributed by atoms with Gasteiger partial charge in [-0.15, -0.1) is 0 Å². The first-order chi connectivity index (χ1) is 15.4. The molecule has 1 saturated heterocycles. The van der Waals surface area contributed by atoms with Crippen LogP contribution in [0.25, 0.3) is 11.4 Å². The van der Waals surface area contributed by atoms with Crippen molar-refractivity contribution in [1.29, 1.82) is 0 Å². The average molecular weight is 447 g/mol. The van der Waals surface area contributed by atoms with Gasteiger partial charge in [-0.2, -0.15) is 18.2 Å². The van der Waals surface area contributed by atoms with Crippen molar-refractivity contribution in [3.8, 4) is 11.4 Å². The zero-order chi connectivity index (χ0) is 22.6. The summed E-state index contributed by atoms with van der Waals surface area (Å²) in [6, 6.07) is 8.91. The molecule has 0 amide bonds. The van der Waals surface area contributed by atoms with Crippen molar-refractivity contribution in [3.05, 3.63) is 59.6 Å². The first-order valence-electron chi connectivity index (χ1n) is 10.4. The number of ether oxygens (including phenoxy) is 1. The van der Waals surface area contributed by atoms with Crippen molar-refractivity contribution in [2.75, 3.05) is 32.1 Å². The van der Waals surface area contributed by atoms with Crippen molar-refractivity contribution < 1.29 is 22.4 Å². The van der Waals surface area contributed by atoms with E-state index in [-0.39, 0.29) is 6.04 Å². The monoisotopic (exact) mass is 447 g/mol. The molecule has 1 aromatic carbocycles. The van der Waals surface area contributed by atoms with E-state index < -0.39 is 11.7 Å². The smallest absolute Gasteiger partial charge is 0.383 e. The Morgan fingerprint density at radius 3 is 2.69 bits per heavy atom. The molecule has 0 radical (unpaired) electrons. The molecule has 7 nitrogen and oxygen atoms in total. The quantitative estimate of drug-likeness (QED) is 0.508. The molecule has 4 rings (SSSR count). The highest BCUT2D eigenvalue weighted by Gasteiger charge is 2.32. The Hall–Kier alpha value is -2.98. The summed E-state index contributed by atoms with van der Waals surface area (Å²) in [7, 11) is 1.64. The van der Waals surface area contributed by atoms with Gasteiger partial charge in [-0.1, -0.05) is 17.3 Å². The van der Waals surface area contributed by atoms with Crippen molar-refractivity contribution in [2.24, 2.45) is 0 Å². The minimum Gasteiger partial charge on any atom is -0.383 e. The van der Waals surface area contributed by atoms with Crippen LogP contribution in [-0.4, -0.2) is 46.8 Å². The van der Waals surface area contributed by atoms with Crippen molar-refractivity contribution in [1.82, 2.24) is 20.0 Å². The lowest BCUT2D eigenvalue weighted by molar-refractivity contribution is -0.137. The zero-order valence-corrected chi connectivity index (χ0v) is 17.6. The molecule has 1 aliphatic heterocycles. The van der Waals surface area contributed by atoms with E-state index in [4.69, 9.17) is 9.26 Å². The summed E-state index contributed by atoms with van der Waals surface area (Å²) in [6.07, 6.45) is -0.852. The lowest BCUT2D eigenvalue weighted by atomic mass is 10.1. The van der Waals surface area contributed by atoms with E-state index in [9.17, 15) is 13.2 Å². The Labute approximate surface area is 183 Å². The average Bonchev–Trinajstić information content (AvgIpc) is 3.44. The Balaban J connectivity index is 1.41. The number of methoxy groups -OCH3 is 1. The maximum atomic E-state index is 12.8. The lowest BCUT2D eigenvalue weighted by Crippen LogP contribution is -2.23. The normalized spacial score (nSPS) is 17.1. The van der Waals surface area contributed by atoms with Crippen LogP contribution in [0.1, 0.15) is 35.9 Å². The largest absolute Gasteiger partial charge is 0.416 e. The number of alkyl halides is 3. The Kier molecular flexibility index (Phi) is 6.71. The summed E-state index contributed by atoms with van der Waals surface area (Å²) in [6.45, 7) is 2.57. The SMILES string of the molecule is COCCNc1ccc(-c2noc(C3CCCN3Cc3ccc(C(F)(F)F)cc3)n2)cn1. The zero-order valence-electron chi connectivity index (χ0n) is 17.6. The van der Waals surface area contributed by atoms with Gasteiger partial charge in [-0.05, 0) is 49.2 Å². The second-order valence-electron chi connectivity index (χ2n) is 7.63. The molecule has 32 heavy (non-hydrogen) atoms. The molecule has 1 aliphatic rings. The fraction of sp³-hybridized carbons (Fsp3) is 0.409. The van der Waals surface area contributed by atoms with Crippen LogP contribution in [0.15, 0.2) is 47.1 Å². The molecule has 0 spiro atoms. The molecular formula is C22H24F3N5O2. The molecule has 3 aromatic rings. The molecule has 1 fully saturated rings. The van der Waals surface area contributed by atoms with E-state index >= 15 is 0 Å². The first-order valence-corrected chi connectivity index (χ1v) is 10.4. The van der Waals surface area contributed by atoms with Gasteiger partial charge in [-0.3, -0.25) is 4.90 Å². The highest BCUT2D eigenvalue weighted by Crippen LogP contribution is 2.34. The third-order valence-corrected chi connectivity index (χ3v) is 5.39. The second kappa shape index (κ2) is 9.66. The molecule has 2 aromatic heterocycles. The standard InChI is InChI=1S/C22H24F3N5O2/c1-31-12-10-26-19-9-6-16(13-27-19)20-28-21(32-29-20)18-3-2-11-30(18)14-15-4-7-17(8-5-15)22(23,24)25/h4-9,13,18H,2-3,10-12,14H2,1H3,(H,26,27). The van der Waals surface area contributed by atoms with Crippen LogP contribution in [0.4, 0.5) is 19.0 Å². The molecule has 0 aliphatic carbocycles. The summed E-state index contributed by atoms with van der Waals surface area (Å²) in [5, 5.41) is 7.24. The number of benzene rings is 1. The first kappa shape index (κ1) is 22.2. The lowest BCUT2D eigenvalue weighted by Gasteiger charge is -2.21. The molecule has 1 N–H and O–H groups in total. The summed E-state index contributed by atoms with van der Waals surface area (Å²) >= 11 is 0.